The molecule has 0 atom stereocenters. The van der Waals surface area contributed by atoms with E-state index in [9.17, 15) is 9.59 Å². The largest absolute Gasteiger partial charge is 0.493 e. The molecule has 0 spiro atoms. The van der Waals surface area contributed by atoms with Crippen molar-refractivity contribution in [3.8, 4) is 11.5 Å². The number of benzene rings is 3. The lowest BCUT2D eigenvalue weighted by molar-refractivity contribution is 0.0642. The van der Waals surface area contributed by atoms with Gasteiger partial charge in [0.1, 0.15) is 0 Å². The van der Waals surface area contributed by atoms with Crippen LogP contribution < -0.4 is 9.47 Å². The second-order valence-electron chi connectivity index (χ2n) is 7.78. The highest BCUT2D eigenvalue weighted by molar-refractivity contribution is 6.21. The molecule has 0 aliphatic carbocycles. The molecule has 0 aromatic heterocycles. The molecule has 2 aliphatic heterocycles. The molecule has 2 aliphatic rings. The van der Waals surface area contributed by atoms with Gasteiger partial charge >= 0.3 is 0 Å². The molecule has 0 N–H and O–H groups in total. The molecule has 32 heavy (non-hydrogen) atoms. The van der Waals surface area contributed by atoms with Gasteiger partial charge in [0.05, 0.1) is 37.6 Å². The van der Waals surface area contributed by atoms with Crippen LogP contribution in [0.15, 0.2) is 65.7 Å². The van der Waals surface area contributed by atoms with Gasteiger partial charge in [0.25, 0.3) is 11.8 Å². The van der Waals surface area contributed by atoms with Gasteiger partial charge in [-0.15, -0.1) is 0 Å². The maximum absolute atomic E-state index is 12.6. The third kappa shape index (κ3) is 3.24. The smallest absolute Gasteiger partial charge is 0.261 e. The van der Waals surface area contributed by atoms with E-state index < -0.39 is 0 Å². The summed E-state index contributed by atoms with van der Waals surface area (Å²) in [6.07, 6.45) is 0.844. The summed E-state index contributed by atoms with van der Waals surface area (Å²) < 4.78 is 10.9. The first kappa shape index (κ1) is 20.0. The number of aliphatic imine (C=N–C) groups is 1. The minimum Gasteiger partial charge on any atom is -0.493 e. The number of fused-ring (bicyclic) bond motifs is 2. The van der Waals surface area contributed by atoms with Crippen LogP contribution in [0.5, 0.6) is 11.5 Å². The lowest BCUT2D eigenvalue weighted by Gasteiger charge is -2.20. The fourth-order valence-corrected chi connectivity index (χ4v) is 4.30. The van der Waals surface area contributed by atoms with Gasteiger partial charge in [-0.25, -0.2) is 0 Å². The Kier molecular flexibility index (Phi) is 4.98. The van der Waals surface area contributed by atoms with E-state index in [-0.39, 0.29) is 18.4 Å². The van der Waals surface area contributed by atoms with Crippen molar-refractivity contribution < 1.29 is 19.1 Å². The molecule has 3 aromatic carbocycles. The first-order chi connectivity index (χ1) is 15.6. The number of amides is 2. The summed E-state index contributed by atoms with van der Waals surface area (Å²) in [6, 6.07) is 18.8. The Morgan fingerprint density at radius 1 is 0.844 bits per heavy atom. The van der Waals surface area contributed by atoms with Gasteiger partial charge in [-0.3, -0.25) is 19.5 Å². The summed E-state index contributed by atoms with van der Waals surface area (Å²) in [5.74, 6) is 0.884. The number of ether oxygens (including phenoxy) is 2. The molecule has 0 bridgehead atoms. The van der Waals surface area contributed by atoms with E-state index in [0.29, 0.717) is 29.2 Å². The Morgan fingerprint density at radius 2 is 1.47 bits per heavy atom. The number of hydrogen-bond donors (Lipinski definition) is 0. The molecule has 160 valence electrons. The molecule has 0 saturated carbocycles. The Hall–Kier alpha value is -3.93. The van der Waals surface area contributed by atoms with Crippen molar-refractivity contribution in [1.29, 1.82) is 0 Å². The molecule has 3 aromatic rings. The molecule has 6 nitrogen and oxygen atoms in total. The van der Waals surface area contributed by atoms with Crippen LogP contribution in [-0.2, 0) is 13.0 Å². The minimum absolute atomic E-state index is 0.237. The monoisotopic (exact) mass is 426 g/mol. The average molecular weight is 426 g/mol. The fourth-order valence-electron chi connectivity index (χ4n) is 4.30. The van der Waals surface area contributed by atoms with Crippen molar-refractivity contribution in [3.05, 3.63) is 94.0 Å². The van der Waals surface area contributed by atoms with E-state index in [2.05, 4.69) is 0 Å². The Balaban J connectivity index is 1.40. The number of imide groups is 1. The van der Waals surface area contributed by atoms with Gasteiger partial charge < -0.3 is 9.47 Å². The zero-order valence-electron chi connectivity index (χ0n) is 17.9. The molecule has 2 heterocycles. The Bertz CT molecular complexity index is 1230. The zero-order chi connectivity index (χ0) is 22.2. The van der Waals surface area contributed by atoms with E-state index in [1.54, 1.807) is 38.5 Å². The predicted molar refractivity (Wildman–Crippen MR) is 121 cm³/mol. The first-order valence-corrected chi connectivity index (χ1v) is 10.4. The molecule has 0 unspecified atom stereocenters. The van der Waals surface area contributed by atoms with E-state index in [4.69, 9.17) is 14.5 Å². The van der Waals surface area contributed by atoms with Crippen molar-refractivity contribution in [1.82, 2.24) is 4.90 Å². The molecular weight excluding hydrogens is 404 g/mol. The second kappa shape index (κ2) is 7.96. The van der Waals surface area contributed by atoms with E-state index >= 15 is 0 Å². The van der Waals surface area contributed by atoms with Crippen LogP contribution in [0.2, 0.25) is 0 Å². The Labute approximate surface area is 186 Å². The quantitative estimate of drug-likeness (QED) is 0.581. The number of nitrogens with zero attached hydrogens (tertiary/aromatic N) is 2. The third-order valence-electron chi connectivity index (χ3n) is 5.96. The van der Waals surface area contributed by atoms with Crippen LogP contribution in [-0.4, -0.2) is 43.2 Å². The number of carbonyl (C=O) groups is 2. The van der Waals surface area contributed by atoms with Gasteiger partial charge in [-0.05, 0) is 41.8 Å². The SMILES string of the molecule is COc1cc2c(cc1OC)C(c1ccc(CN3C(=O)c4ccccc4C3=O)cc1)=NCC2. The lowest BCUT2D eigenvalue weighted by atomic mass is 9.92. The first-order valence-electron chi connectivity index (χ1n) is 10.4. The molecule has 6 heteroatoms. The predicted octanol–water partition coefficient (Wildman–Crippen LogP) is 3.89. The van der Waals surface area contributed by atoms with Gasteiger partial charge in [0.15, 0.2) is 11.5 Å². The number of rotatable bonds is 5. The van der Waals surface area contributed by atoms with Crippen LogP contribution in [0.1, 0.15) is 43.0 Å². The maximum Gasteiger partial charge on any atom is 0.261 e. The topological polar surface area (TPSA) is 68.2 Å². The summed E-state index contributed by atoms with van der Waals surface area (Å²) in [4.78, 5) is 31.3. The lowest BCUT2D eigenvalue weighted by Crippen LogP contribution is -2.29. The van der Waals surface area contributed by atoms with Crippen molar-refractivity contribution in [2.45, 2.75) is 13.0 Å². The van der Waals surface area contributed by atoms with E-state index in [0.717, 1.165) is 28.8 Å². The molecule has 0 radical (unpaired) electrons. The minimum atomic E-state index is -0.249. The number of methoxy groups -OCH3 is 2. The highest BCUT2D eigenvalue weighted by atomic mass is 16.5. The van der Waals surface area contributed by atoms with E-state index in [1.165, 1.54) is 10.5 Å². The van der Waals surface area contributed by atoms with Crippen molar-refractivity contribution >= 4 is 17.5 Å². The molecule has 5 rings (SSSR count). The normalized spacial score (nSPS) is 14.7. The summed E-state index contributed by atoms with van der Waals surface area (Å²) in [7, 11) is 3.26. The van der Waals surface area contributed by atoms with Crippen LogP contribution in [0.25, 0.3) is 0 Å². The standard InChI is InChI=1S/C26H22N2O4/c1-31-22-13-18-11-12-27-24(21(18)14-23(22)32-2)17-9-7-16(8-10-17)15-28-25(29)19-5-3-4-6-20(19)26(28)30/h3-10,13-14H,11-12,15H2,1-2H3. The van der Waals surface area contributed by atoms with Crippen molar-refractivity contribution in [2.75, 3.05) is 20.8 Å². The molecule has 0 saturated heterocycles. The van der Waals surface area contributed by atoms with Crippen LogP contribution in [0.4, 0.5) is 0 Å². The van der Waals surface area contributed by atoms with Gasteiger partial charge in [-0.1, -0.05) is 36.4 Å². The fraction of sp³-hybridized carbons (Fsp3) is 0.192. The molecule has 2 amide bonds. The van der Waals surface area contributed by atoms with Gasteiger partial charge in [0, 0.05) is 17.7 Å². The summed E-state index contributed by atoms with van der Waals surface area (Å²) >= 11 is 0. The highest BCUT2D eigenvalue weighted by Crippen LogP contribution is 2.34. The van der Waals surface area contributed by atoms with Crippen LogP contribution >= 0.6 is 0 Å². The van der Waals surface area contributed by atoms with Crippen LogP contribution in [0.3, 0.4) is 0 Å². The molecular formula is C26H22N2O4. The third-order valence-corrected chi connectivity index (χ3v) is 5.96. The summed E-state index contributed by atoms with van der Waals surface area (Å²) in [5.41, 5.74) is 5.89. The zero-order valence-corrected chi connectivity index (χ0v) is 17.9. The van der Waals surface area contributed by atoms with Gasteiger partial charge in [0.2, 0.25) is 0 Å². The van der Waals surface area contributed by atoms with Crippen molar-refractivity contribution in [3.63, 3.8) is 0 Å². The van der Waals surface area contributed by atoms with Gasteiger partial charge in [-0.2, -0.15) is 0 Å². The number of carbonyl (C=O) groups excluding carboxylic acids is 2. The maximum atomic E-state index is 12.6. The highest BCUT2D eigenvalue weighted by Gasteiger charge is 2.34. The summed E-state index contributed by atoms with van der Waals surface area (Å²) in [6.45, 7) is 0.940. The molecule has 0 fully saturated rings. The second-order valence-corrected chi connectivity index (χ2v) is 7.78. The average Bonchev–Trinajstić information content (AvgIpc) is 3.08. The van der Waals surface area contributed by atoms with E-state index in [1.807, 2.05) is 36.4 Å². The van der Waals surface area contributed by atoms with Crippen LogP contribution in [0, 0.1) is 0 Å². The number of hydrogen-bond acceptors (Lipinski definition) is 5. The van der Waals surface area contributed by atoms with Crippen molar-refractivity contribution in [2.24, 2.45) is 4.99 Å². The summed E-state index contributed by atoms with van der Waals surface area (Å²) in [5, 5.41) is 0. The Morgan fingerprint density at radius 3 is 2.09 bits per heavy atom.